The van der Waals surface area contributed by atoms with Gasteiger partial charge in [-0.1, -0.05) is 30.3 Å². The molecule has 18 heavy (non-hydrogen) atoms. The van der Waals surface area contributed by atoms with Crippen molar-refractivity contribution in [2.24, 2.45) is 0 Å². The van der Waals surface area contributed by atoms with E-state index in [1.165, 1.54) is 0 Å². The first-order chi connectivity index (χ1) is 8.68. The maximum atomic E-state index is 12.2. The molecule has 4 nitrogen and oxygen atoms in total. The van der Waals surface area contributed by atoms with Gasteiger partial charge in [0.25, 0.3) is 0 Å². The van der Waals surface area contributed by atoms with Crippen LogP contribution >= 0.6 is 0 Å². The second kappa shape index (κ2) is 5.98. The molecule has 1 aliphatic heterocycles. The number of carbonyl (C=O) groups excluding carboxylic acids is 1. The number of hydrogen-bond donors (Lipinski definition) is 2. The smallest absolute Gasteiger partial charge is 0.239 e. The minimum absolute atomic E-state index is 0.0500. The zero-order valence-electron chi connectivity index (χ0n) is 11.0. The number of rotatable bonds is 3. The van der Waals surface area contributed by atoms with Gasteiger partial charge in [-0.15, -0.1) is 0 Å². The molecule has 2 atom stereocenters. The number of benzene rings is 1. The molecule has 0 spiro atoms. The van der Waals surface area contributed by atoms with E-state index in [-0.39, 0.29) is 18.0 Å². The number of amides is 1. The molecule has 0 aliphatic carbocycles. The Bertz CT molecular complexity index is 393. The first kappa shape index (κ1) is 13.1. The van der Waals surface area contributed by atoms with Gasteiger partial charge in [-0.25, -0.2) is 0 Å². The van der Waals surface area contributed by atoms with E-state index in [9.17, 15) is 4.79 Å². The molecule has 1 saturated heterocycles. The third-order valence-electron chi connectivity index (χ3n) is 3.47. The van der Waals surface area contributed by atoms with Crippen molar-refractivity contribution in [1.29, 1.82) is 0 Å². The lowest BCUT2D eigenvalue weighted by molar-refractivity contribution is -0.127. The van der Waals surface area contributed by atoms with Gasteiger partial charge in [0.05, 0.1) is 6.04 Å². The van der Waals surface area contributed by atoms with Gasteiger partial charge >= 0.3 is 0 Å². The lowest BCUT2D eigenvalue weighted by atomic mass is 10.1. The van der Waals surface area contributed by atoms with Crippen molar-refractivity contribution in [2.45, 2.75) is 19.0 Å². The molecule has 0 bridgehead atoms. The number of nitrogens with zero attached hydrogens (tertiary/aromatic N) is 1. The highest BCUT2D eigenvalue weighted by atomic mass is 16.2. The van der Waals surface area contributed by atoms with Crippen LogP contribution in [0.25, 0.3) is 0 Å². The Hall–Kier alpha value is -1.39. The van der Waals surface area contributed by atoms with Crippen LogP contribution in [0.2, 0.25) is 0 Å². The van der Waals surface area contributed by atoms with Gasteiger partial charge < -0.3 is 10.6 Å². The van der Waals surface area contributed by atoms with Crippen LogP contribution < -0.4 is 10.6 Å². The fourth-order valence-electron chi connectivity index (χ4n) is 2.23. The van der Waals surface area contributed by atoms with Crippen LogP contribution in [-0.4, -0.2) is 43.5 Å². The van der Waals surface area contributed by atoms with Gasteiger partial charge in [0.15, 0.2) is 0 Å². The predicted octanol–water partition coefficient (Wildman–Crippen LogP) is 0.767. The number of nitrogens with one attached hydrogen (secondary N) is 2. The molecule has 2 unspecified atom stereocenters. The van der Waals surface area contributed by atoms with Crippen molar-refractivity contribution in [3.63, 3.8) is 0 Å². The first-order valence-electron chi connectivity index (χ1n) is 6.45. The molecule has 1 heterocycles. The fourth-order valence-corrected chi connectivity index (χ4v) is 2.23. The monoisotopic (exact) mass is 247 g/mol. The summed E-state index contributed by atoms with van der Waals surface area (Å²) in [5.74, 6) is 0.0982. The number of piperazine rings is 1. The third-order valence-corrected chi connectivity index (χ3v) is 3.47. The first-order valence-corrected chi connectivity index (χ1v) is 6.45. The molecule has 0 saturated carbocycles. The Kier molecular flexibility index (Phi) is 4.33. The van der Waals surface area contributed by atoms with Crippen molar-refractivity contribution in [3.05, 3.63) is 35.9 Å². The normalized spacial score (nSPS) is 22.4. The number of carbonyl (C=O) groups is 1. The molecular formula is C14H21N3O. The lowest BCUT2D eigenvalue weighted by Gasteiger charge is -2.32. The van der Waals surface area contributed by atoms with E-state index < -0.39 is 0 Å². The molecule has 1 aromatic carbocycles. The largest absolute Gasteiger partial charge is 0.348 e. The topological polar surface area (TPSA) is 44.4 Å². The summed E-state index contributed by atoms with van der Waals surface area (Å²) in [5, 5.41) is 6.33. The van der Waals surface area contributed by atoms with E-state index in [0.29, 0.717) is 0 Å². The molecule has 2 N–H and O–H groups in total. The molecule has 1 aliphatic rings. The Labute approximate surface area is 108 Å². The Morgan fingerprint density at radius 1 is 1.44 bits per heavy atom. The van der Waals surface area contributed by atoms with Gasteiger partial charge in [-0.05, 0) is 19.5 Å². The van der Waals surface area contributed by atoms with Crippen LogP contribution in [0.5, 0.6) is 0 Å². The summed E-state index contributed by atoms with van der Waals surface area (Å²) in [6.07, 6.45) is 0. The molecule has 4 heteroatoms. The zero-order valence-corrected chi connectivity index (χ0v) is 11.0. The van der Waals surface area contributed by atoms with Crippen molar-refractivity contribution in [3.8, 4) is 0 Å². The van der Waals surface area contributed by atoms with Crippen LogP contribution in [0.1, 0.15) is 18.5 Å². The van der Waals surface area contributed by atoms with Gasteiger partial charge in [-0.3, -0.25) is 9.69 Å². The average Bonchev–Trinajstić information content (AvgIpc) is 2.40. The Balaban J connectivity index is 1.94. The second-order valence-electron chi connectivity index (χ2n) is 4.84. The predicted molar refractivity (Wildman–Crippen MR) is 72.3 cm³/mol. The van der Waals surface area contributed by atoms with Gasteiger partial charge in [0, 0.05) is 19.6 Å². The second-order valence-corrected chi connectivity index (χ2v) is 4.84. The van der Waals surface area contributed by atoms with Crippen molar-refractivity contribution in [1.82, 2.24) is 15.5 Å². The van der Waals surface area contributed by atoms with E-state index >= 15 is 0 Å². The fraction of sp³-hybridized carbons (Fsp3) is 0.500. The quantitative estimate of drug-likeness (QED) is 0.829. The van der Waals surface area contributed by atoms with E-state index in [2.05, 4.69) is 15.5 Å². The van der Waals surface area contributed by atoms with Gasteiger partial charge in [0.2, 0.25) is 5.91 Å². The maximum absolute atomic E-state index is 12.2. The van der Waals surface area contributed by atoms with Gasteiger partial charge in [0.1, 0.15) is 6.04 Å². The third kappa shape index (κ3) is 3.09. The summed E-state index contributed by atoms with van der Waals surface area (Å²) in [6.45, 7) is 4.61. The highest BCUT2D eigenvalue weighted by Gasteiger charge is 2.26. The lowest BCUT2D eigenvalue weighted by Crippen LogP contribution is -2.56. The summed E-state index contributed by atoms with van der Waals surface area (Å²) in [4.78, 5) is 14.3. The zero-order chi connectivity index (χ0) is 13.0. The number of likely N-dealkylation sites (N-methyl/N-ethyl adjacent to an activating group) is 1. The maximum Gasteiger partial charge on any atom is 0.239 e. The molecule has 0 aromatic heterocycles. The summed E-state index contributed by atoms with van der Waals surface area (Å²) >= 11 is 0. The van der Waals surface area contributed by atoms with Crippen LogP contribution in [0.15, 0.2) is 30.3 Å². The van der Waals surface area contributed by atoms with E-state index in [1.54, 1.807) is 0 Å². The molecule has 1 fully saturated rings. The van der Waals surface area contributed by atoms with Gasteiger partial charge in [-0.2, -0.15) is 0 Å². The van der Waals surface area contributed by atoms with Crippen LogP contribution in [0, 0.1) is 0 Å². The molecule has 2 rings (SSSR count). The summed E-state index contributed by atoms with van der Waals surface area (Å²) in [5.41, 5.74) is 1.14. The highest BCUT2D eigenvalue weighted by Crippen LogP contribution is 2.12. The molecule has 1 amide bonds. The summed E-state index contributed by atoms with van der Waals surface area (Å²) in [6, 6.07) is 10.0. The minimum atomic E-state index is -0.0649. The standard InChI is InChI=1S/C14H21N3O/c1-11(12-6-4-3-5-7-12)16-14(18)13-10-15-8-9-17(13)2/h3-7,11,13,15H,8-10H2,1-2H3,(H,16,18). The molecule has 98 valence electrons. The Morgan fingerprint density at radius 3 is 2.83 bits per heavy atom. The molecular weight excluding hydrogens is 226 g/mol. The summed E-state index contributed by atoms with van der Waals surface area (Å²) < 4.78 is 0. The van der Waals surface area contributed by atoms with Crippen LogP contribution in [-0.2, 0) is 4.79 Å². The SMILES string of the molecule is CC(NC(=O)C1CNCCN1C)c1ccccc1. The van der Waals surface area contributed by atoms with Crippen LogP contribution in [0.3, 0.4) is 0 Å². The highest BCUT2D eigenvalue weighted by molar-refractivity contribution is 5.82. The average molecular weight is 247 g/mol. The molecule has 1 aromatic rings. The number of hydrogen-bond acceptors (Lipinski definition) is 3. The molecule has 0 radical (unpaired) electrons. The van der Waals surface area contributed by atoms with E-state index in [1.807, 2.05) is 44.3 Å². The van der Waals surface area contributed by atoms with E-state index in [0.717, 1.165) is 25.2 Å². The minimum Gasteiger partial charge on any atom is -0.348 e. The summed E-state index contributed by atoms with van der Waals surface area (Å²) in [7, 11) is 2.00. The van der Waals surface area contributed by atoms with Crippen LogP contribution in [0.4, 0.5) is 0 Å². The Morgan fingerprint density at radius 2 is 2.17 bits per heavy atom. The van der Waals surface area contributed by atoms with E-state index in [4.69, 9.17) is 0 Å². The van der Waals surface area contributed by atoms with Crippen molar-refractivity contribution >= 4 is 5.91 Å². The van der Waals surface area contributed by atoms with Crippen molar-refractivity contribution < 1.29 is 4.79 Å². The van der Waals surface area contributed by atoms with Crippen molar-refractivity contribution in [2.75, 3.05) is 26.7 Å².